The Morgan fingerprint density at radius 3 is 2.45 bits per heavy atom. The van der Waals surface area contributed by atoms with Crippen LogP contribution in [0, 0.1) is 0 Å². The number of esters is 1. The quantitative estimate of drug-likeness (QED) is 0.641. The smallest absolute Gasteiger partial charge is 0.338 e. The van der Waals surface area contributed by atoms with Crippen LogP contribution in [0.1, 0.15) is 24.2 Å². The summed E-state index contributed by atoms with van der Waals surface area (Å²) in [6.45, 7) is 3.59. The Morgan fingerprint density at radius 2 is 1.90 bits per heavy atom. The van der Waals surface area contributed by atoms with E-state index in [1.165, 1.54) is 0 Å². The molecule has 1 heterocycles. The summed E-state index contributed by atoms with van der Waals surface area (Å²) in [6, 6.07) is 11.8. The first-order chi connectivity index (χ1) is 9.58. The maximum atomic E-state index is 12.2. The molecule has 1 aromatic heterocycles. The van der Waals surface area contributed by atoms with E-state index in [2.05, 4.69) is 4.98 Å². The van der Waals surface area contributed by atoms with E-state index in [-0.39, 0.29) is 12.1 Å². The summed E-state index contributed by atoms with van der Waals surface area (Å²) in [4.78, 5) is 16.4. The van der Waals surface area contributed by atoms with Gasteiger partial charge in [0.05, 0.1) is 11.7 Å². The molecule has 1 atom stereocenters. The molecule has 1 aromatic carbocycles. The molecule has 0 bridgehead atoms. The number of hydrogen-bond donors (Lipinski definition) is 0. The number of carbonyl (C=O) groups excluding carboxylic acids is 1. The highest BCUT2D eigenvalue weighted by atomic mass is 32.2. The number of aromatic nitrogens is 1. The molecule has 0 spiro atoms. The van der Waals surface area contributed by atoms with E-state index in [9.17, 15) is 9.35 Å². The Morgan fingerprint density at radius 1 is 1.20 bits per heavy atom. The molecule has 4 nitrogen and oxygen atoms in total. The van der Waals surface area contributed by atoms with Crippen molar-refractivity contribution in [1.82, 2.24) is 4.98 Å². The zero-order valence-electron chi connectivity index (χ0n) is 11.3. The van der Waals surface area contributed by atoms with Crippen molar-refractivity contribution in [1.29, 1.82) is 0 Å². The summed E-state index contributed by atoms with van der Waals surface area (Å²) in [5, 5.41) is 0.491. The Bertz CT molecular complexity index is 569. The van der Waals surface area contributed by atoms with Gasteiger partial charge in [-0.05, 0) is 44.2 Å². The van der Waals surface area contributed by atoms with Crippen LogP contribution < -0.4 is 0 Å². The molecule has 0 amide bonds. The van der Waals surface area contributed by atoms with Crippen molar-refractivity contribution in [2.45, 2.75) is 29.9 Å². The highest BCUT2D eigenvalue weighted by molar-refractivity contribution is 7.91. The van der Waals surface area contributed by atoms with Gasteiger partial charge in [-0.1, -0.05) is 6.07 Å². The summed E-state index contributed by atoms with van der Waals surface area (Å²) in [7, 11) is 0. The second-order valence-electron chi connectivity index (χ2n) is 4.42. The van der Waals surface area contributed by atoms with Crippen molar-refractivity contribution in [2.75, 3.05) is 0 Å². The lowest BCUT2D eigenvalue weighted by atomic mass is 10.2. The van der Waals surface area contributed by atoms with Gasteiger partial charge in [-0.25, -0.2) is 9.78 Å². The van der Waals surface area contributed by atoms with Crippen molar-refractivity contribution in [3.8, 4) is 0 Å². The minimum absolute atomic E-state index is 0.162. The van der Waals surface area contributed by atoms with E-state index in [4.69, 9.17) is 4.74 Å². The van der Waals surface area contributed by atoms with Gasteiger partial charge in [-0.15, -0.1) is 0 Å². The second kappa shape index (κ2) is 6.54. The van der Waals surface area contributed by atoms with Crippen LogP contribution in [0.2, 0.25) is 0 Å². The molecule has 0 N–H and O–H groups in total. The number of carbonyl (C=O) groups is 1. The third kappa shape index (κ3) is 3.59. The number of ether oxygens (including phenoxy) is 1. The van der Waals surface area contributed by atoms with Crippen molar-refractivity contribution in [3.63, 3.8) is 0 Å². The number of rotatable bonds is 4. The summed E-state index contributed by atoms with van der Waals surface area (Å²) < 4.78 is 17.3. The van der Waals surface area contributed by atoms with Crippen molar-refractivity contribution >= 4 is 17.1 Å². The van der Waals surface area contributed by atoms with Crippen LogP contribution in [-0.2, 0) is 15.9 Å². The molecule has 0 aliphatic heterocycles. The largest absolute Gasteiger partial charge is 0.605 e. The first-order valence-electron chi connectivity index (χ1n) is 6.22. The summed E-state index contributed by atoms with van der Waals surface area (Å²) in [6.07, 6.45) is 1.44. The van der Waals surface area contributed by atoms with Gasteiger partial charge < -0.3 is 9.29 Å². The number of benzene rings is 1. The maximum absolute atomic E-state index is 12.2. The maximum Gasteiger partial charge on any atom is 0.338 e. The van der Waals surface area contributed by atoms with Crippen molar-refractivity contribution in [3.05, 3.63) is 54.2 Å². The van der Waals surface area contributed by atoms with Crippen LogP contribution in [-0.4, -0.2) is 21.6 Å². The molecule has 0 aliphatic carbocycles. The lowest BCUT2D eigenvalue weighted by Gasteiger charge is -2.10. The molecular formula is C15H15NO3S. The third-order valence-corrected chi connectivity index (χ3v) is 3.80. The van der Waals surface area contributed by atoms with Gasteiger partial charge in [0, 0.05) is 23.4 Å². The van der Waals surface area contributed by atoms with Crippen LogP contribution in [0.5, 0.6) is 0 Å². The van der Waals surface area contributed by atoms with Gasteiger partial charge in [0.15, 0.2) is 4.90 Å². The molecule has 104 valence electrons. The van der Waals surface area contributed by atoms with E-state index >= 15 is 0 Å². The van der Waals surface area contributed by atoms with Gasteiger partial charge in [0.1, 0.15) is 0 Å². The standard InChI is InChI=1S/C15H15NO3S/c1-11(2)19-15(17)12-6-8-13(9-7-12)20(18)14-5-3-4-10-16-14/h3-11H,1-2H3. The predicted molar refractivity (Wildman–Crippen MR) is 75.9 cm³/mol. The van der Waals surface area contributed by atoms with E-state index in [0.717, 1.165) is 0 Å². The molecule has 0 aliphatic rings. The minimum atomic E-state index is -1.34. The minimum Gasteiger partial charge on any atom is -0.605 e. The SMILES string of the molecule is CC(C)OC(=O)c1ccc([S+]([O-])c2ccccn2)cc1. The highest BCUT2D eigenvalue weighted by Crippen LogP contribution is 2.19. The fourth-order valence-electron chi connectivity index (χ4n) is 1.57. The van der Waals surface area contributed by atoms with Crippen LogP contribution >= 0.6 is 0 Å². The normalized spacial score (nSPS) is 12.2. The Labute approximate surface area is 121 Å². The zero-order valence-corrected chi connectivity index (χ0v) is 12.1. The molecule has 5 heteroatoms. The van der Waals surface area contributed by atoms with Crippen LogP contribution in [0.15, 0.2) is 58.6 Å². The fraction of sp³-hybridized carbons (Fsp3) is 0.200. The van der Waals surface area contributed by atoms with Crippen LogP contribution in [0.4, 0.5) is 0 Å². The lowest BCUT2D eigenvalue weighted by molar-refractivity contribution is 0.0378. The predicted octanol–water partition coefficient (Wildman–Crippen LogP) is 2.81. The van der Waals surface area contributed by atoms with Crippen LogP contribution in [0.25, 0.3) is 0 Å². The summed E-state index contributed by atoms with van der Waals surface area (Å²) in [5.41, 5.74) is 0.445. The molecule has 2 aromatic rings. The van der Waals surface area contributed by atoms with Crippen molar-refractivity contribution < 1.29 is 14.1 Å². The number of hydrogen-bond acceptors (Lipinski definition) is 4. The molecule has 0 saturated carbocycles. The van der Waals surface area contributed by atoms with Gasteiger partial charge >= 0.3 is 5.97 Å². The summed E-state index contributed by atoms with van der Waals surface area (Å²) >= 11 is -1.34. The summed E-state index contributed by atoms with van der Waals surface area (Å²) in [5.74, 6) is -0.379. The van der Waals surface area contributed by atoms with Crippen LogP contribution in [0.3, 0.4) is 0 Å². The van der Waals surface area contributed by atoms with Gasteiger partial charge in [0.25, 0.3) is 0 Å². The molecular weight excluding hydrogens is 274 g/mol. The zero-order chi connectivity index (χ0) is 14.5. The Balaban J connectivity index is 2.14. The lowest BCUT2D eigenvalue weighted by Crippen LogP contribution is -2.12. The number of pyridine rings is 1. The van der Waals surface area contributed by atoms with E-state index < -0.39 is 11.2 Å². The van der Waals surface area contributed by atoms with Crippen molar-refractivity contribution in [2.24, 2.45) is 0 Å². The third-order valence-electron chi connectivity index (χ3n) is 2.47. The molecule has 1 unspecified atom stereocenters. The first kappa shape index (κ1) is 14.6. The highest BCUT2D eigenvalue weighted by Gasteiger charge is 2.17. The number of nitrogens with zero attached hydrogens (tertiary/aromatic N) is 1. The molecule has 2 rings (SSSR count). The Kier molecular flexibility index (Phi) is 4.76. The topological polar surface area (TPSA) is 62.2 Å². The van der Waals surface area contributed by atoms with Gasteiger partial charge in [-0.2, -0.15) is 0 Å². The average Bonchev–Trinajstić information content (AvgIpc) is 2.47. The molecule has 0 fully saturated rings. The molecule has 20 heavy (non-hydrogen) atoms. The van der Waals surface area contributed by atoms with Gasteiger partial charge in [0.2, 0.25) is 5.03 Å². The molecule has 0 radical (unpaired) electrons. The Hall–Kier alpha value is -1.85. The monoisotopic (exact) mass is 289 g/mol. The van der Waals surface area contributed by atoms with Gasteiger partial charge in [-0.3, -0.25) is 0 Å². The molecule has 0 saturated heterocycles. The average molecular weight is 289 g/mol. The second-order valence-corrected chi connectivity index (χ2v) is 5.84. The van der Waals surface area contributed by atoms with E-state index in [0.29, 0.717) is 15.5 Å². The van der Waals surface area contributed by atoms with E-state index in [1.807, 2.05) is 0 Å². The van der Waals surface area contributed by atoms with E-state index in [1.54, 1.807) is 62.5 Å². The first-order valence-corrected chi connectivity index (χ1v) is 7.37. The fourth-order valence-corrected chi connectivity index (χ4v) is 2.56.